The smallest absolute Gasteiger partial charge is 0.554 e. The van der Waals surface area contributed by atoms with Crippen LogP contribution in [0.5, 0.6) is 0 Å². The zero-order chi connectivity index (χ0) is 22.0. The minimum absolute atomic E-state index is 0. The quantitative estimate of drug-likeness (QED) is 0.232. The second-order valence-corrected chi connectivity index (χ2v) is 7.42. The summed E-state index contributed by atoms with van der Waals surface area (Å²) in [5, 5.41) is 5.55. The van der Waals surface area contributed by atoms with E-state index in [0.29, 0.717) is 19.6 Å². The Bertz CT molecular complexity index is 882. The number of allylic oxidation sites excluding steroid dienone is 3. The van der Waals surface area contributed by atoms with Crippen LogP contribution in [0, 0.1) is 41.7 Å². The fourth-order valence-corrected chi connectivity index (χ4v) is 3.49. The van der Waals surface area contributed by atoms with Gasteiger partial charge in [-0.05, 0) is 32.8 Å². The maximum atomic E-state index is 10.7. The zero-order valence-corrected chi connectivity index (χ0v) is 22.8. The van der Waals surface area contributed by atoms with Crippen LogP contribution in [0.25, 0.3) is 16.8 Å². The summed E-state index contributed by atoms with van der Waals surface area (Å²) >= 11 is 0. The van der Waals surface area contributed by atoms with E-state index in [-0.39, 0.29) is 38.6 Å². The van der Waals surface area contributed by atoms with Crippen molar-refractivity contribution < 1.29 is 31.2 Å². The van der Waals surface area contributed by atoms with Gasteiger partial charge in [-0.1, -0.05) is 63.1 Å². The van der Waals surface area contributed by atoms with Gasteiger partial charge in [0.1, 0.15) is 0 Å². The summed E-state index contributed by atoms with van der Waals surface area (Å²) in [6, 6.07) is 2.33. The molecule has 0 saturated carbocycles. The molecule has 0 fully saturated rings. The van der Waals surface area contributed by atoms with Crippen molar-refractivity contribution >= 4 is 33.7 Å². The standard InChI is InChI=1S/C19H23.C7H14NO2.Si.Ti/c1-7-8-9-10-17-14(4)15(5)18-11-12(2)13(3)19(18)16(17)6;1-3-4-7(9)8-5-6-10-2;;/h7-11H,1-6H3;2-6H2,1H3,(H,8,9);;/q2*-1;;+2. The summed E-state index contributed by atoms with van der Waals surface area (Å²) in [4.78, 5) is 10.7. The molecule has 2 aromatic carbocycles. The van der Waals surface area contributed by atoms with Crippen LogP contribution in [-0.2, 0) is 31.2 Å². The number of carbonyl (C=O) groups is 1. The first-order valence-corrected chi connectivity index (χ1v) is 10.4. The van der Waals surface area contributed by atoms with E-state index in [1.807, 2.05) is 13.8 Å². The fraction of sp³-hybridized carbons (Fsp3) is 0.423. The Hall–Kier alpha value is -1.33. The monoisotopic (exact) mass is 471 g/mol. The predicted molar refractivity (Wildman–Crippen MR) is 132 cm³/mol. The molecule has 0 saturated heterocycles. The minimum Gasteiger partial charge on any atom is -0.554 e. The first-order chi connectivity index (χ1) is 13.8. The van der Waals surface area contributed by atoms with Gasteiger partial charge in [-0.15, -0.1) is 28.0 Å². The number of rotatable bonds is 7. The van der Waals surface area contributed by atoms with E-state index in [0.717, 1.165) is 6.42 Å². The first-order valence-electron chi connectivity index (χ1n) is 10.4. The van der Waals surface area contributed by atoms with E-state index in [1.165, 1.54) is 44.2 Å². The van der Waals surface area contributed by atoms with Gasteiger partial charge in [0.15, 0.2) is 0 Å². The third-order valence-corrected chi connectivity index (χ3v) is 5.36. The van der Waals surface area contributed by atoms with Gasteiger partial charge >= 0.3 is 21.7 Å². The van der Waals surface area contributed by atoms with Gasteiger partial charge in [-0.2, -0.15) is 5.56 Å². The van der Waals surface area contributed by atoms with Crippen LogP contribution in [0.1, 0.15) is 60.1 Å². The molecule has 4 radical (unpaired) electrons. The molecule has 1 N–H and O–H groups in total. The molecule has 0 aromatic heterocycles. The summed E-state index contributed by atoms with van der Waals surface area (Å²) in [6.45, 7) is 16.2. The van der Waals surface area contributed by atoms with E-state index in [9.17, 15) is 4.79 Å². The van der Waals surface area contributed by atoms with Crippen LogP contribution in [0.3, 0.4) is 0 Å². The van der Waals surface area contributed by atoms with Crippen LogP contribution in [-0.4, -0.2) is 30.0 Å². The van der Waals surface area contributed by atoms with Crippen molar-refractivity contribution in [3.8, 4) is 0 Å². The van der Waals surface area contributed by atoms with E-state index < -0.39 is 0 Å². The molecule has 0 aliphatic rings. The van der Waals surface area contributed by atoms with E-state index in [2.05, 4.69) is 82.2 Å². The average molecular weight is 472 g/mol. The summed E-state index contributed by atoms with van der Waals surface area (Å²) in [7, 11) is 3.18. The molecule has 5 heteroatoms. The molecule has 3 nitrogen and oxygen atoms in total. The van der Waals surface area contributed by atoms with Gasteiger partial charge in [0, 0.05) is 30.5 Å². The van der Waals surface area contributed by atoms with Crippen LogP contribution < -0.4 is 5.32 Å². The van der Waals surface area contributed by atoms with Crippen molar-refractivity contribution in [1.29, 1.82) is 0 Å². The van der Waals surface area contributed by atoms with Crippen molar-refractivity contribution in [1.82, 2.24) is 5.32 Å². The molecule has 0 unspecified atom stereocenters. The number of aryl methyl sites for hydroxylation is 4. The average Bonchev–Trinajstić information content (AvgIpc) is 2.99. The second-order valence-electron chi connectivity index (χ2n) is 7.42. The second kappa shape index (κ2) is 16.3. The number of nitrogens with one attached hydrogen (secondary N) is 1. The fourth-order valence-electron chi connectivity index (χ4n) is 3.49. The molecule has 2 rings (SSSR count). The largest absolute Gasteiger partial charge is 2.00 e. The predicted octanol–water partition coefficient (Wildman–Crippen LogP) is 6.02. The van der Waals surface area contributed by atoms with E-state index in [1.54, 1.807) is 0 Å². The maximum absolute atomic E-state index is 10.7. The van der Waals surface area contributed by atoms with Crippen molar-refractivity contribution in [3.63, 3.8) is 0 Å². The number of fused-ring (bicyclic) bond motifs is 1. The van der Waals surface area contributed by atoms with Crippen molar-refractivity contribution in [2.45, 2.75) is 61.3 Å². The maximum Gasteiger partial charge on any atom is 2.00 e. The molecule has 1 amide bonds. The third kappa shape index (κ3) is 8.97. The van der Waals surface area contributed by atoms with Crippen molar-refractivity contribution in [2.75, 3.05) is 13.2 Å². The molecular weight excluding hydrogens is 434 g/mol. The van der Waals surface area contributed by atoms with Crippen LogP contribution in [0.15, 0.2) is 24.3 Å². The van der Waals surface area contributed by atoms with E-state index >= 15 is 0 Å². The molecule has 0 spiro atoms. The van der Waals surface area contributed by atoms with Gasteiger partial charge < -0.3 is 10.1 Å². The van der Waals surface area contributed by atoms with Gasteiger partial charge in [0.2, 0.25) is 5.91 Å². The van der Waals surface area contributed by atoms with Gasteiger partial charge in [-0.25, -0.2) is 7.11 Å². The number of hydrogen-bond acceptors (Lipinski definition) is 2. The Morgan fingerprint density at radius 2 is 1.71 bits per heavy atom. The number of benzene rings is 1. The number of carbonyl (C=O) groups excluding carboxylic acids is 1. The summed E-state index contributed by atoms with van der Waals surface area (Å²) in [6.07, 6.45) is 9.99. The molecule has 2 aromatic rings. The Kier molecular flexibility index (Phi) is 16.8. The zero-order valence-electron chi connectivity index (χ0n) is 20.2. The summed E-state index contributed by atoms with van der Waals surface area (Å²) in [5.74, 6) is 0.0829. The minimum atomic E-state index is 0. The van der Waals surface area contributed by atoms with Gasteiger partial charge in [0.25, 0.3) is 0 Å². The van der Waals surface area contributed by atoms with E-state index in [4.69, 9.17) is 0 Å². The van der Waals surface area contributed by atoms with Crippen LogP contribution >= 0.6 is 0 Å². The molecule has 0 atom stereocenters. The SMILES string of the molecule is CC=CC=Cc1c(C)c(C)c2[cH-]c(C)c(C)c2c1C.[CH2-]OCCNC(=O)CCC.[Si].[Ti+2]. The van der Waals surface area contributed by atoms with Gasteiger partial charge in [0.05, 0.1) is 0 Å². The molecule has 0 heterocycles. The Balaban J connectivity index is 0. The number of amides is 1. The summed E-state index contributed by atoms with van der Waals surface area (Å²) in [5.41, 5.74) is 8.42. The Labute approximate surface area is 209 Å². The molecule has 31 heavy (non-hydrogen) atoms. The van der Waals surface area contributed by atoms with Crippen LogP contribution in [0.2, 0.25) is 0 Å². The normalized spacial score (nSPS) is 10.6. The Morgan fingerprint density at radius 3 is 2.26 bits per heavy atom. The molecule has 166 valence electrons. The van der Waals surface area contributed by atoms with Crippen molar-refractivity contribution in [3.05, 3.63) is 64.8 Å². The van der Waals surface area contributed by atoms with Crippen LogP contribution in [0.4, 0.5) is 0 Å². The molecule has 0 aliphatic heterocycles. The Morgan fingerprint density at radius 1 is 1.06 bits per heavy atom. The number of ether oxygens (including phenoxy) is 1. The molecule has 0 bridgehead atoms. The third-order valence-electron chi connectivity index (χ3n) is 5.36. The van der Waals surface area contributed by atoms with Gasteiger partial charge in [-0.3, -0.25) is 4.79 Å². The molecule has 0 aliphatic carbocycles. The van der Waals surface area contributed by atoms with Crippen molar-refractivity contribution in [2.24, 2.45) is 0 Å². The topological polar surface area (TPSA) is 38.3 Å². The summed E-state index contributed by atoms with van der Waals surface area (Å²) < 4.78 is 4.51. The first kappa shape index (κ1) is 31.9. The number of hydrogen-bond donors (Lipinski definition) is 1. The molecular formula is C26H37NO2SiTi.